The first kappa shape index (κ1) is 13.0. The van der Waals surface area contributed by atoms with Crippen LogP contribution in [0.25, 0.3) is 0 Å². The second kappa shape index (κ2) is 5.89. The molecular weight excluding hydrogens is 182 g/mol. The average Bonchev–Trinajstić information content (AvgIpc) is 2.91. The van der Waals surface area contributed by atoms with Gasteiger partial charge in [-0.3, -0.25) is 0 Å². The Bertz CT molecular complexity index is 165. The van der Waals surface area contributed by atoms with Crippen molar-refractivity contribution in [3.05, 3.63) is 0 Å². The SMILES string of the molecule is CCCNC(CCC1CC1)CC(C)(C)C. The molecule has 0 aliphatic heterocycles. The Morgan fingerprint density at radius 3 is 2.40 bits per heavy atom. The summed E-state index contributed by atoms with van der Waals surface area (Å²) in [5.74, 6) is 1.08. The van der Waals surface area contributed by atoms with Crippen molar-refractivity contribution in [3.63, 3.8) is 0 Å². The molecule has 0 aromatic rings. The standard InChI is InChI=1S/C14H29N/c1-5-10-15-13(11-14(2,3)4)9-8-12-6-7-12/h12-13,15H,5-11H2,1-4H3. The Labute approximate surface area is 96.0 Å². The molecule has 15 heavy (non-hydrogen) atoms. The zero-order chi connectivity index (χ0) is 11.3. The fraction of sp³-hybridized carbons (Fsp3) is 1.00. The van der Waals surface area contributed by atoms with Crippen LogP contribution in [0.3, 0.4) is 0 Å². The van der Waals surface area contributed by atoms with Gasteiger partial charge in [-0.1, -0.05) is 40.5 Å². The van der Waals surface area contributed by atoms with Crippen molar-refractivity contribution in [1.29, 1.82) is 0 Å². The third kappa shape index (κ3) is 6.94. The van der Waals surface area contributed by atoms with Gasteiger partial charge in [0.15, 0.2) is 0 Å². The highest BCUT2D eigenvalue weighted by atomic mass is 14.9. The van der Waals surface area contributed by atoms with Gasteiger partial charge >= 0.3 is 0 Å². The molecule has 0 bridgehead atoms. The minimum absolute atomic E-state index is 0.467. The first-order valence-corrected chi connectivity index (χ1v) is 6.74. The van der Waals surface area contributed by atoms with Crippen molar-refractivity contribution in [2.24, 2.45) is 11.3 Å². The summed E-state index contributed by atoms with van der Waals surface area (Å²) in [5, 5.41) is 3.71. The number of hydrogen-bond acceptors (Lipinski definition) is 1. The molecule has 1 aliphatic rings. The van der Waals surface area contributed by atoms with Gasteiger partial charge < -0.3 is 5.32 Å². The summed E-state index contributed by atoms with van der Waals surface area (Å²) >= 11 is 0. The molecule has 1 rings (SSSR count). The summed E-state index contributed by atoms with van der Waals surface area (Å²) in [6.45, 7) is 10.5. The number of rotatable bonds is 7. The van der Waals surface area contributed by atoms with Crippen LogP contribution in [0.4, 0.5) is 0 Å². The molecule has 1 aliphatic carbocycles. The third-order valence-electron chi connectivity index (χ3n) is 3.16. The van der Waals surface area contributed by atoms with Crippen LogP contribution in [-0.4, -0.2) is 12.6 Å². The van der Waals surface area contributed by atoms with Crippen molar-refractivity contribution < 1.29 is 0 Å². The predicted octanol–water partition coefficient (Wildman–Crippen LogP) is 3.98. The van der Waals surface area contributed by atoms with E-state index in [4.69, 9.17) is 0 Å². The average molecular weight is 211 g/mol. The molecule has 1 fully saturated rings. The lowest BCUT2D eigenvalue weighted by molar-refractivity contribution is 0.292. The van der Waals surface area contributed by atoms with Crippen LogP contribution in [0.2, 0.25) is 0 Å². The van der Waals surface area contributed by atoms with E-state index >= 15 is 0 Å². The second-order valence-corrected chi connectivity index (χ2v) is 6.44. The fourth-order valence-electron chi connectivity index (χ4n) is 2.21. The van der Waals surface area contributed by atoms with Crippen molar-refractivity contribution in [2.45, 2.75) is 72.3 Å². The van der Waals surface area contributed by atoms with Gasteiger partial charge in [0, 0.05) is 6.04 Å². The molecule has 0 spiro atoms. The molecule has 0 aromatic carbocycles. The normalized spacial score (nSPS) is 19.2. The van der Waals surface area contributed by atoms with Crippen LogP contribution in [0.5, 0.6) is 0 Å². The van der Waals surface area contributed by atoms with Gasteiger partial charge in [-0.2, -0.15) is 0 Å². The van der Waals surface area contributed by atoms with E-state index in [2.05, 4.69) is 33.0 Å². The van der Waals surface area contributed by atoms with Crippen molar-refractivity contribution in [2.75, 3.05) is 6.54 Å². The molecule has 1 N–H and O–H groups in total. The third-order valence-corrected chi connectivity index (χ3v) is 3.16. The maximum atomic E-state index is 3.71. The summed E-state index contributed by atoms with van der Waals surface area (Å²) in [4.78, 5) is 0. The van der Waals surface area contributed by atoms with Crippen LogP contribution < -0.4 is 5.32 Å². The summed E-state index contributed by atoms with van der Waals surface area (Å²) in [6.07, 6.45) is 8.41. The summed E-state index contributed by atoms with van der Waals surface area (Å²) < 4.78 is 0. The van der Waals surface area contributed by atoms with Gasteiger partial charge in [-0.15, -0.1) is 0 Å². The Morgan fingerprint density at radius 1 is 1.27 bits per heavy atom. The van der Waals surface area contributed by atoms with Crippen LogP contribution in [0.1, 0.15) is 66.2 Å². The largest absolute Gasteiger partial charge is 0.314 e. The van der Waals surface area contributed by atoms with Crippen molar-refractivity contribution >= 4 is 0 Å². The van der Waals surface area contributed by atoms with E-state index in [1.807, 2.05) is 0 Å². The van der Waals surface area contributed by atoms with Crippen LogP contribution in [0, 0.1) is 11.3 Å². The van der Waals surface area contributed by atoms with Crippen LogP contribution >= 0.6 is 0 Å². The first-order chi connectivity index (χ1) is 7.01. The predicted molar refractivity (Wildman–Crippen MR) is 68.1 cm³/mol. The minimum Gasteiger partial charge on any atom is -0.314 e. The van der Waals surface area contributed by atoms with E-state index in [0.29, 0.717) is 5.41 Å². The Morgan fingerprint density at radius 2 is 1.93 bits per heavy atom. The molecule has 1 heteroatoms. The lowest BCUT2D eigenvalue weighted by Gasteiger charge is -2.27. The molecule has 0 aromatic heterocycles. The highest BCUT2D eigenvalue weighted by Gasteiger charge is 2.24. The van der Waals surface area contributed by atoms with Gasteiger partial charge in [0.25, 0.3) is 0 Å². The second-order valence-electron chi connectivity index (χ2n) is 6.44. The molecule has 1 atom stereocenters. The van der Waals surface area contributed by atoms with Gasteiger partial charge in [0.2, 0.25) is 0 Å². The Kier molecular flexibility index (Phi) is 5.11. The van der Waals surface area contributed by atoms with Gasteiger partial charge in [0.1, 0.15) is 0 Å². The summed E-state index contributed by atoms with van der Waals surface area (Å²) in [6, 6.07) is 0.755. The monoisotopic (exact) mass is 211 g/mol. The molecule has 0 saturated heterocycles. The van der Waals surface area contributed by atoms with E-state index in [0.717, 1.165) is 12.0 Å². The zero-order valence-corrected chi connectivity index (χ0v) is 11.1. The van der Waals surface area contributed by atoms with E-state index in [9.17, 15) is 0 Å². The molecule has 0 radical (unpaired) electrons. The molecule has 0 heterocycles. The van der Waals surface area contributed by atoms with Gasteiger partial charge in [-0.25, -0.2) is 0 Å². The molecule has 1 saturated carbocycles. The maximum absolute atomic E-state index is 3.71. The molecule has 1 unspecified atom stereocenters. The molecule has 1 nitrogen and oxygen atoms in total. The Balaban J connectivity index is 2.22. The van der Waals surface area contributed by atoms with Gasteiger partial charge in [0.05, 0.1) is 0 Å². The van der Waals surface area contributed by atoms with Crippen LogP contribution in [0.15, 0.2) is 0 Å². The van der Waals surface area contributed by atoms with Crippen LogP contribution in [-0.2, 0) is 0 Å². The smallest absolute Gasteiger partial charge is 0.00721 e. The van der Waals surface area contributed by atoms with Crippen molar-refractivity contribution in [1.82, 2.24) is 5.32 Å². The maximum Gasteiger partial charge on any atom is 0.00721 e. The number of nitrogens with one attached hydrogen (secondary N) is 1. The van der Waals surface area contributed by atoms with E-state index in [1.54, 1.807) is 0 Å². The minimum atomic E-state index is 0.467. The Hall–Kier alpha value is -0.0400. The highest BCUT2D eigenvalue weighted by Crippen LogP contribution is 2.35. The van der Waals surface area contributed by atoms with E-state index < -0.39 is 0 Å². The summed E-state index contributed by atoms with van der Waals surface area (Å²) in [5.41, 5.74) is 0.467. The van der Waals surface area contributed by atoms with E-state index in [-0.39, 0.29) is 0 Å². The molecule has 90 valence electrons. The first-order valence-electron chi connectivity index (χ1n) is 6.74. The lowest BCUT2D eigenvalue weighted by atomic mass is 9.86. The quantitative estimate of drug-likeness (QED) is 0.671. The highest BCUT2D eigenvalue weighted by molar-refractivity contribution is 4.79. The molecule has 0 amide bonds. The van der Waals surface area contributed by atoms with Crippen molar-refractivity contribution in [3.8, 4) is 0 Å². The summed E-state index contributed by atoms with van der Waals surface area (Å²) in [7, 11) is 0. The molecular formula is C14H29N. The number of hydrogen-bond donors (Lipinski definition) is 1. The van der Waals surface area contributed by atoms with Gasteiger partial charge in [-0.05, 0) is 43.6 Å². The topological polar surface area (TPSA) is 12.0 Å². The fourth-order valence-corrected chi connectivity index (χ4v) is 2.21. The van der Waals surface area contributed by atoms with E-state index in [1.165, 1.54) is 45.1 Å². The lowest BCUT2D eigenvalue weighted by Crippen LogP contribution is -2.33. The zero-order valence-electron chi connectivity index (χ0n) is 11.1.